The summed E-state index contributed by atoms with van der Waals surface area (Å²) in [7, 11) is 1.34. The van der Waals surface area contributed by atoms with Crippen LogP contribution in [0, 0.1) is 0 Å². The molecule has 7 atom stereocenters. The van der Waals surface area contributed by atoms with Gasteiger partial charge in [-0.1, -0.05) is 12.1 Å². The van der Waals surface area contributed by atoms with E-state index in [-0.39, 0.29) is 40.8 Å². The molecule has 0 amide bonds. The van der Waals surface area contributed by atoms with Crippen molar-refractivity contribution in [3.05, 3.63) is 51.6 Å². The first-order valence-electron chi connectivity index (χ1n) is 11.9. The van der Waals surface area contributed by atoms with Crippen molar-refractivity contribution < 1.29 is 49.3 Å². The van der Waals surface area contributed by atoms with Crippen LogP contribution >= 0.6 is 0 Å². The smallest absolute Gasteiger partial charge is 0.202 e. The maximum Gasteiger partial charge on any atom is 0.202 e. The van der Waals surface area contributed by atoms with Crippen LogP contribution in [0.1, 0.15) is 81.9 Å². The molecule has 3 aliphatic rings. The SMILES string of the molecule is COc1cccc2c1C(=O)c1c(O)c3c(c(O)c1C2=O)[C@@H](O)[C@](C)(O)C[C@@H]3O[C@H]1C[C@H](N)[C@H](O)[C@H](C)O1. The van der Waals surface area contributed by atoms with Gasteiger partial charge in [0.25, 0.3) is 0 Å². The highest BCUT2D eigenvalue weighted by atomic mass is 16.7. The first-order valence-corrected chi connectivity index (χ1v) is 11.9. The minimum absolute atomic E-state index is 0.0338. The summed E-state index contributed by atoms with van der Waals surface area (Å²) in [6, 6.07) is 3.74. The molecule has 198 valence electrons. The van der Waals surface area contributed by atoms with Gasteiger partial charge in [-0.25, -0.2) is 0 Å². The van der Waals surface area contributed by atoms with Crippen LogP contribution in [0.3, 0.4) is 0 Å². The Kier molecular flexibility index (Phi) is 6.06. The van der Waals surface area contributed by atoms with Gasteiger partial charge in [0.2, 0.25) is 5.78 Å². The lowest BCUT2D eigenvalue weighted by Crippen LogP contribution is -2.52. The number of benzene rings is 2. The lowest BCUT2D eigenvalue weighted by molar-refractivity contribution is -0.251. The second kappa shape index (κ2) is 8.76. The van der Waals surface area contributed by atoms with Gasteiger partial charge in [0, 0.05) is 35.6 Å². The number of aliphatic hydroxyl groups is 3. The summed E-state index contributed by atoms with van der Waals surface area (Å²) >= 11 is 0. The summed E-state index contributed by atoms with van der Waals surface area (Å²) in [6.07, 6.45) is -5.62. The topological polar surface area (TPSA) is 189 Å². The number of carbonyl (C=O) groups excluding carboxylic acids is 2. The van der Waals surface area contributed by atoms with Crippen LogP contribution in [0.25, 0.3) is 0 Å². The minimum atomic E-state index is -1.85. The lowest BCUT2D eigenvalue weighted by Gasteiger charge is -2.43. The Morgan fingerprint density at radius 1 is 1.05 bits per heavy atom. The summed E-state index contributed by atoms with van der Waals surface area (Å²) < 4.78 is 17.0. The molecular formula is C26H29NO10. The first-order chi connectivity index (χ1) is 17.4. The van der Waals surface area contributed by atoms with Crippen LogP contribution in [0.5, 0.6) is 17.2 Å². The average Bonchev–Trinajstić information content (AvgIpc) is 2.84. The molecule has 0 saturated carbocycles. The number of hydrogen-bond acceptors (Lipinski definition) is 11. The summed E-state index contributed by atoms with van der Waals surface area (Å²) in [5, 5.41) is 54.8. The molecule has 11 nitrogen and oxygen atoms in total. The number of ether oxygens (including phenoxy) is 3. The number of phenols is 2. The molecule has 0 bridgehead atoms. The van der Waals surface area contributed by atoms with Crippen molar-refractivity contribution in [1.82, 2.24) is 0 Å². The molecule has 0 aromatic heterocycles. The number of aliphatic hydroxyl groups excluding tert-OH is 2. The number of rotatable bonds is 3. The van der Waals surface area contributed by atoms with E-state index in [0.717, 1.165) is 0 Å². The molecule has 1 heterocycles. The van der Waals surface area contributed by atoms with E-state index in [0.29, 0.717) is 0 Å². The highest BCUT2D eigenvalue weighted by molar-refractivity contribution is 6.31. The quantitative estimate of drug-likeness (QED) is 0.272. The molecule has 2 aromatic carbocycles. The van der Waals surface area contributed by atoms with E-state index < -0.39 is 76.5 Å². The lowest BCUT2D eigenvalue weighted by atomic mass is 9.72. The Labute approximate surface area is 212 Å². The van der Waals surface area contributed by atoms with Gasteiger partial charge < -0.3 is 45.5 Å². The molecule has 1 aliphatic heterocycles. The van der Waals surface area contributed by atoms with Crippen LogP contribution in [0.2, 0.25) is 0 Å². The third-order valence-corrected chi connectivity index (χ3v) is 7.55. The van der Waals surface area contributed by atoms with Crippen molar-refractivity contribution in [2.45, 2.75) is 69.0 Å². The van der Waals surface area contributed by atoms with Crippen LogP contribution in [-0.4, -0.2) is 74.3 Å². The van der Waals surface area contributed by atoms with Crippen molar-refractivity contribution in [2.24, 2.45) is 5.73 Å². The fourth-order valence-corrected chi connectivity index (χ4v) is 5.56. The molecule has 1 fully saturated rings. The van der Waals surface area contributed by atoms with Gasteiger partial charge in [-0.2, -0.15) is 0 Å². The zero-order valence-corrected chi connectivity index (χ0v) is 20.5. The van der Waals surface area contributed by atoms with E-state index in [1.165, 1.54) is 32.2 Å². The van der Waals surface area contributed by atoms with Crippen LogP contribution in [0.15, 0.2) is 18.2 Å². The zero-order valence-electron chi connectivity index (χ0n) is 20.5. The Bertz CT molecular complexity index is 1290. The predicted molar refractivity (Wildman–Crippen MR) is 127 cm³/mol. The number of aromatic hydroxyl groups is 2. The molecule has 0 spiro atoms. The Morgan fingerprint density at radius 2 is 1.70 bits per heavy atom. The van der Waals surface area contributed by atoms with Gasteiger partial charge in [0.1, 0.15) is 23.4 Å². The third-order valence-electron chi connectivity index (χ3n) is 7.55. The molecule has 0 radical (unpaired) electrons. The summed E-state index contributed by atoms with van der Waals surface area (Å²) in [4.78, 5) is 27.0. The average molecular weight is 516 g/mol. The molecule has 7 N–H and O–H groups in total. The van der Waals surface area contributed by atoms with Gasteiger partial charge in [0.05, 0.1) is 47.7 Å². The van der Waals surface area contributed by atoms with E-state index in [2.05, 4.69) is 0 Å². The fraction of sp³-hybridized carbons (Fsp3) is 0.462. The maximum absolute atomic E-state index is 13.6. The van der Waals surface area contributed by atoms with E-state index in [1.807, 2.05) is 0 Å². The first kappa shape index (κ1) is 25.6. The molecule has 37 heavy (non-hydrogen) atoms. The minimum Gasteiger partial charge on any atom is -0.507 e. The largest absolute Gasteiger partial charge is 0.507 e. The molecular weight excluding hydrogens is 486 g/mol. The van der Waals surface area contributed by atoms with Crippen LogP contribution < -0.4 is 10.5 Å². The number of phenolic OH excluding ortho intramolecular Hbond substituents is 2. The normalized spacial score (nSPS) is 32.9. The maximum atomic E-state index is 13.6. The molecule has 11 heteroatoms. The Balaban J connectivity index is 1.68. The summed E-state index contributed by atoms with van der Waals surface area (Å²) in [5.41, 5.74) is 2.65. The molecule has 0 unspecified atom stereocenters. The number of ketones is 2. The number of methoxy groups -OCH3 is 1. The third kappa shape index (κ3) is 3.73. The van der Waals surface area contributed by atoms with E-state index in [9.17, 15) is 35.1 Å². The number of hydrogen-bond donors (Lipinski definition) is 6. The summed E-state index contributed by atoms with van der Waals surface area (Å²) in [5.74, 6) is -2.79. The van der Waals surface area contributed by atoms with Crippen molar-refractivity contribution in [1.29, 1.82) is 0 Å². The van der Waals surface area contributed by atoms with E-state index in [1.54, 1.807) is 6.92 Å². The van der Waals surface area contributed by atoms with E-state index in [4.69, 9.17) is 19.9 Å². The second-order valence-corrected chi connectivity index (χ2v) is 10.1. The van der Waals surface area contributed by atoms with Gasteiger partial charge >= 0.3 is 0 Å². The van der Waals surface area contributed by atoms with Gasteiger partial charge in [-0.15, -0.1) is 0 Å². The van der Waals surface area contributed by atoms with Gasteiger partial charge in [-0.3, -0.25) is 9.59 Å². The fourth-order valence-electron chi connectivity index (χ4n) is 5.56. The Morgan fingerprint density at radius 3 is 2.35 bits per heavy atom. The van der Waals surface area contributed by atoms with E-state index >= 15 is 0 Å². The standard InChI is InChI=1S/C26H29NO10/c1-9-20(28)11(27)7-14(36-9)37-13-8-26(2,34)25(33)19-16(13)23(31)18-17(24(19)32)21(29)10-5-4-6-12(35-3)15(10)22(18)30/h4-6,9,11,13-14,20,25,28,31-34H,7-8,27H2,1-3H3/t9-,11-,13-,14-,20+,25+,26+/m0/s1. The predicted octanol–water partition coefficient (Wildman–Crippen LogP) is 0.951. The molecule has 5 rings (SSSR count). The number of carbonyl (C=O) groups is 2. The summed E-state index contributed by atoms with van der Waals surface area (Å²) in [6.45, 7) is 2.93. The molecule has 2 aromatic rings. The van der Waals surface area contributed by atoms with Gasteiger partial charge in [-0.05, 0) is 19.9 Å². The van der Waals surface area contributed by atoms with Gasteiger partial charge in [0.15, 0.2) is 12.1 Å². The number of fused-ring (bicyclic) bond motifs is 3. The highest BCUT2D eigenvalue weighted by Crippen LogP contribution is 2.55. The van der Waals surface area contributed by atoms with Crippen molar-refractivity contribution in [3.63, 3.8) is 0 Å². The molecule has 1 saturated heterocycles. The Hall–Kier alpha value is -3.06. The van der Waals surface area contributed by atoms with Crippen molar-refractivity contribution >= 4 is 11.6 Å². The highest BCUT2D eigenvalue weighted by Gasteiger charge is 2.50. The molecule has 2 aliphatic carbocycles. The van der Waals surface area contributed by atoms with Crippen LogP contribution in [0.4, 0.5) is 0 Å². The monoisotopic (exact) mass is 515 g/mol. The zero-order chi connectivity index (χ0) is 27.0. The number of nitrogens with two attached hydrogens (primary N) is 1. The van der Waals surface area contributed by atoms with Crippen molar-refractivity contribution in [2.75, 3.05) is 7.11 Å². The van der Waals surface area contributed by atoms with Crippen LogP contribution in [-0.2, 0) is 9.47 Å². The van der Waals surface area contributed by atoms with Crippen molar-refractivity contribution in [3.8, 4) is 17.2 Å². The second-order valence-electron chi connectivity index (χ2n) is 10.1.